The van der Waals surface area contributed by atoms with Gasteiger partial charge in [-0.25, -0.2) is 4.98 Å². The third-order valence-electron chi connectivity index (χ3n) is 4.06. The second-order valence-electron chi connectivity index (χ2n) is 6.09. The Morgan fingerprint density at radius 3 is 2.00 bits per heavy atom. The zero-order chi connectivity index (χ0) is 16.8. The summed E-state index contributed by atoms with van der Waals surface area (Å²) in [4.78, 5) is 4.15. The van der Waals surface area contributed by atoms with E-state index in [1.165, 1.54) is 57.8 Å². The molecule has 0 amide bonds. The highest BCUT2D eigenvalue weighted by molar-refractivity contribution is 5.28. The van der Waals surface area contributed by atoms with Gasteiger partial charge in [0, 0.05) is 0 Å². The van der Waals surface area contributed by atoms with E-state index in [2.05, 4.69) is 11.9 Å². The maximum Gasteiger partial charge on any atom is 0.143 e. The molecule has 4 nitrogen and oxygen atoms in total. The van der Waals surface area contributed by atoms with Crippen LogP contribution in [-0.2, 0) is 13.2 Å². The highest BCUT2D eigenvalue weighted by Crippen LogP contribution is 2.18. The molecule has 0 fully saturated rings. The SMILES string of the molecule is CCCCCCCCCCCCOc1ccc(CO)nc1CO. The summed E-state index contributed by atoms with van der Waals surface area (Å²) in [6, 6.07) is 3.51. The number of unbranched alkanes of at least 4 members (excludes halogenated alkanes) is 9. The van der Waals surface area contributed by atoms with Gasteiger partial charge >= 0.3 is 0 Å². The Morgan fingerprint density at radius 1 is 0.826 bits per heavy atom. The van der Waals surface area contributed by atoms with Crippen LogP contribution in [0.5, 0.6) is 5.75 Å². The summed E-state index contributed by atoms with van der Waals surface area (Å²) < 4.78 is 5.70. The van der Waals surface area contributed by atoms with Gasteiger partial charge in [-0.3, -0.25) is 0 Å². The molecule has 0 saturated heterocycles. The van der Waals surface area contributed by atoms with E-state index in [9.17, 15) is 5.11 Å². The van der Waals surface area contributed by atoms with Gasteiger partial charge in [0.2, 0.25) is 0 Å². The molecule has 0 saturated carbocycles. The van der Waals surface area contributed by atoms with Crippen molar-refractivity contribution < 1.29 is 14.9 Å². The minimum atomic E-state index is -0.165. The molecule has 1 heterocycles. The first-order chi connectivity index (χ1) is 11.3. The third kappa shape index (κ3) is 8.92. The van der Waals surface area contributed by atoms with Crippen molar-refractivity contribution in [3.05, 3.63) is 23.5 Å². The molecular formula is C19H33NO3. The summed E-state index contributed by atoms with van der Waals surface area (Å²) in [5.41, 5.74) is 1.06. The van der Waals surface area contributed by atoms with E-state index in [-0.39, 0.29) is 13.2 Å². The van der Waals surface area contributed by atoms with Gasteiger partial charge in [0.15, 0.2) is 0 Å². The van der Waals surface area contributed by atoms with Crippen molar-refractivity contribution in [3.8, 4) is 5.75 Å². The number of pyridine rings is 1. The van der Waals surface area contributed by atoms with E-state index in [1.807, 2.05) is 0 Å². The van der Waals surface area contributed by atoms with Crippen LogP contribution in [0, 0.1) is 0 Å². The minimum Gasteiger partial charge on any atom is -0.492 e. The zero-order valence-electron chi connectivity index (χ0n) is 14.6. The summed E-state index contributed by atoms with van der Waals surface area (Å²) in [6.45, 7) is 2.62. The lowest BCUT2D eigenvalue weighted by atomic mass is 10.1. The first-order valence-corrected chi connectivity index (χ1v) is 9.15. The predicted molar refractivity (Wildman–Crippen MR) is 93.4 cm³/mol. The van der Waals surface area contributed by atoms with Crippen molar-refractivity contribution >= 4 is 0 Å². The molecular weight excluding hydrogens is 290 g/mol. The molecule has 132 valence electrons. The molecule has 0 aliphatic heterocycles. The van der Waals surface area contributed by atoms with Gasteiger partial charge in [0.05, 0.1) is 25.5 Å². The van der Waals surface area contributed by atoms with Crippen molar-refractivity contribution in [1.29, 1.82) is 0 Å². The second-order valence-corrected chi connectivity index (χ2v) is 6.09. The monoisotopic (exact) mass is 323 g/mol. The number of aromatic nitrogens is 1. The van der Waals surface area contributed by atoms with Crippen LogP contribution in [0.25, 0.3) is 0 Å². The van der Waals surface area contributed by atoms with Gasteiger partial charge in [-0.15, -0.1) is 0 Å². The molecule has 1 rings (SSSR count). The highest BCUT2D eigenvalue weighted by atomic mass is 16.5. The lowest BCUT2D eigenvalue weighted by Gasteiger charge is -2.10. The van der Waals surface area contributed by atoms with Gasteiger partial charge < -0.3 is 14.9 Å². The first-order valence-electron chi connectivity index (χ1n) is 9.15. The predicted octanol–water partition coefficient (Wildman–Crippen LogP) is 4.37. The van der Waals surface area contributed by atoms with E-state index < -0.39 is 0 Å². The summed E-state index contributed by atoms with van der Waals surface area (Å²) in [5.74, 6) is 0.626. The van der Waals surface area contributed by atoms with Crippen LogP contribution in [-0.4, -0.2) is 21.8 Å². The quantitative estimate of drug-likeness (QED) is 0.499. The molecule has 0 aromatic carbocycles. The maximum atomic E-state index is 9.29. The maximum absolute atomic E-state index is 9.29. The summed E-state index contributed by atoms with van der Waals surface area (Å²) >= 11 is 0. The standard InChI is InChI=1S/C19H33NO3/c1-2-3-4-5-6-7-8-9-10-11-14-23-19-13-12-17(15-21)20-18(19)16-22/h12-13,21-22H,2-11,14-16H2,1H3. The smallest absolute Gasteiger partial charge is 0.143 e. The molecule has 0 unspecified atom stereocenters. The Labute approximate surface area is 140 Å². The number of ether oxygens (including phenoxy) is 1. The van der Waals surface area contributed by atoms with Crippen LogP contribution in [0.4, 0.5) is 0 Å². The summed E-state index contributed by atoms with van der Waals surface area (Å²) in [6.07, 6.45) is 13.0. The molecule has 4 heteroatoms. The fourth-order valence-electron chi connectivity index (χ4n) is 2.64. The molecule has 0 radical (unpaired) electrons. The number of aliphatic hydroxyl groups is 2. The van der Waals surface area contributed by atoms with Crippen molar-refractivity contribution in [2.45, 2.75) is 84.3 Å². The van der Waals surface area contributed by atoms with Crippen molar-refractivity contribution in [3.63, 3.8) is 0 Å². The van der Waals surface area contributed by atoms with Crippen molar-refractivity contribution in [1.82, 2.24) is 4.98 Å². The Hall–Kier alpha value is -1.13. The highest BCUT2D eigenvalue weighted by Gasteiger charge is 2.05. The Bertz CT molecular complexity index is 410. The van der Waals surface area contributed by atoms with Crippen LogP contribution < -0.4 is 4.74 Å². The molecule has 1 aromatic rings. The molecule has 0 spiro atoms. The molecule has 0 atom stereocenters. The van der Waals surface area contributed by atoms with Crippen LogP contribution in [0.15, 0.2) is 12.1 Å². The molecule has 0 bridgehead atoms. The molecule has 2 N–H and O–H groups in total. The number of rotatable bonds is 14. The Morgan fingerprint density at radius 2 is 1.43 bits per heavy atom. The third-order valence-corrected chi connectivity index (χ3v) is 4.06. The van der Waals surface area contributed by atoms with Crippen LogP contribution in [0.1, 0.15) is 82.5 Å². The largest absolute Gasteiger partial charge is 0.492 e. The van der Waals surface area contributed by atoms with Gasteiger partial charge in [0.1, 0.15) is 11.4 Å². The lowest BCUT2D eigenvalue weighted by molar-refractivity contribution is 0.248. The number of hydrogen-bond donors (Lipinski definition) is 2. The van der Waals surface area contributed by atoms with E-state index in [0.29, 0.717) is 23.7 Å². The first kappa shape index (κ1) is 19.9. The average molecular weight is 323 g/mol. The number of hydrogen-bond acceptors (Lipinski definition) is 4. The molecule has 0 aliphatic rings. The summed E-state index contributed by atoms with van der Waals surface area (Å²) in [5, 5.41) is 18.3. The normalized spacial score (nSPS) is 10.9. The van der Waals surface area contributed by atoms with Gasteiger partial charge in [-0.2, -0.15) is 0 Å². The lowest BCUT2D eigenvalue weighted by Crippen LogP contribution is -2.04. The fraction of sp³-hybridized carbons (Fsp3) is 0.737. The summed E-state index contributed by atoms with van der Waals surface area (Å²) in [7, 11) is 0. The van der Waals surface area contributed by atoms with Crippen LogP contribution in [0.2, 0.25) is 0 Å². The van der Waals surface area contributed by atoms with E-state index >= 15 is 0 Å². The molecule has 0 aliphatic carbocycles. The van der Waals surface area contributed by atoms with Crippen molar-refractivity contribution in [2.24, 2.45) is 0 Å². The Balaban J connectivity index is 2.05. The van der Waals surface area contributed by atoms with Crippen LogP contribution >= 0.6 is 0 Å². The van der Waals surface area contributed by atoms with Crippen LogP contribution in [0.3, 0.4) is 0 Å². The van der Waals surface area contributed by atoms with Gasteiger partial charge in [-0.1, -0.05) is 64.7 Å². The average Bonchev–Trinajstić information content (AvgIpc) is 2.59. The minimum absolute atomic E-state index is 0.119. The fourth-order valence-corrected chi connectivity index (χ4v) is 2.64. The molecule has 23 heavy (non-hydrogen) atoms. The van der Waals surface area contributed by atoms with E-state index in [0.717, 1.165) is 6.42 Å². The van der Waals surface area contributed by atoms with Gasteiger partial charge in [0.25, 0.3) is 0 Å². The van der Waals surface area contributed by atoms with Crippen molar-refractivity contribution in [2.75, 3.05) is 6.61 Å². The van der Waals surface area contributed by atoms with Gasteiger partial charge in [-0.05, 0) is 18.6 Å². The number of nitrogens with zero attached hydrogens (tertiary/aromatic N) is 1. The molecule has 1 aromatic heterocycles. The topological polar surface area (TPSA) is 62.6 Å². The number of aliphatic hydroxyl groups excluding tert-OH is 2. The zero-order valence-corrected chi connectivity index (χ0v) is 14.6. The second kappa shape index (κ2) is 13.3. The van der Waals surface area contributed by atoms with E-state index in [1.54, 1.807) is 12.1 Å². The van der Waals surface area contributed by atoms with E-state index in [4.69, 9.17) is 9.84 Å². The Kier molecular flexibility index (Phi) is 11.5.